The Morgan fingerprint density at radius 1 is 1.19 bits per heavy atom. The molecule has 0 spiro atoms. The van der Waals surface area contributed by atoms with Gasteiger partial charge in [0.25, 0.3) is 5.91 Å². The number of anilines is 2. The van der Waals surface area contributed by atoms with Crippen LogP contribution in [0.15, 0.2) is 48.5 Å². The van der Waals surface area contributed by atoms with Crippen LogP contribution >= 0.6 is 0 Å². The zero-order valence-corrected chi connectivity index (χ0v) is 12.5. The highest BCUT2D eigenvalue weighted by atomic mass is 16.1. The zero-order valence-electron chi connectivity index (χ0n) is 12.5. The standard InChI is InChI=1S/C17H21N3O/c1-3-20(12-13-7-5-4-6-8-13)16-10-9-14(11-15(16)18)17(21)19-2/h4-11H,3,12,18H2,1-2H3,(H,19,21). The first-order valence-corrected chi connectivity index (χ1v) is 7.06. The summed E-state index contributed by atoms with van der Waals surface area (Å²) in [4.78, 5) is 13.8. The molecule has 2 rings (SSSR count). The van der Waals surface area contributed by atoms with Gasteiger partial charge < -0.3 is 16.0 Å². The molecule has 2 aromatic carbocycles. The topological polar surface area (TPSA) is 58.4 Å². The molecule has 4 heteroatoms. The Morgan fingerprint density at radius 3 is 2.48 bits per heavy atom. The summed E-state index contributed by atoms with van der Waals surface area (Å²) in [6, 6.07) is 15.7. The van der Waals surface area contributed by atoms with Crippen molar-refractivity contribution in [1.82, 2.24) is 5.32 Å². The van der Waals surface area contributed by atoms with Crippen molar-refractivity contribution in [3.8, 4) is 0 Å². The van der Waals surface area contributed by atoms with E-state index in [4.69, 9.17) is 5.73 Å². The summed E-state index contributed by atoms with van der Waals surface area (Å²) in [7, 11) is 1.61. The fourth-order valence-corrected chi connectivity index (χ4v) is 2.30. The minimum absolute atomic E-state index is 0.126. The number of carbonyl (C=O) groups is 1. The number of carbonyl (C=O) groups excluding carboxylic acids is 1. The molecule has 0 atom stereocenters. The Kier molecular flexibility index (Phi) is 4.82. The smallest absolute Gasteiger partial charge is 0.251 e. The second-order valence-electron chi connectivity index (χ2n) is 4.85. The molecule has 0 saturated heterocycles. The lowest BCUT2D eigenvalue weighted by Gasteiger charge is -2.25. The Bertz CT molecular complexity index is 611. The van der Waals surface area contributed by atoms with Crippen molar-refractivity contribution < 1.29 is 4.79 Å². The lowest BCUT2D eigenvalue weighted by atomic mass is 10.1. The summed E-state index contributed by atoms with van der Waals surface area (Å²) in [5.41, 5.74) is 9.50. The minimum Gasteiger partial charge on any atom is -0.397 e. The number of hydrogen-bond acceptors (Lipinski definition) is 3. The SMILES string of the molecule is CCN(Cc1ccccc1)c1ccc(C(=O)NC)cc1N. The van der Waals surface area contributed by atoms with Crippen LogP contribution in [0.5, 0.6) is 0 Å². The van der Waals surface area contributed by atoms with Gasteiger partial charge in [-0.2, -0.15) is 0 Å². The molecule has 0 aliphatic carbocycles. The molecule has 0 aliphatic heterocycles. The maximum Gasteiger partial charge on any atom is 0.251 e. The summed E-state index contributed by atoms with van der Waals surface area (Å²) in [5.74, 6) is -0.126. The van der Waals surface area contributed by atoms with E-state index in [2.05, 4.69) is 29.3 Å². The molecule has 21 heavy (non-hydrogen) atoms. The summed E-state index contributed by atoms with van der Waals surface area (Å²) < 4.78 is 0. The third kappa shape index (κ3) is 3.54. The minimum atomic E-state index is -0.126. The number of nitrogen functional groups attached to an aromatic ring is 1. The van der Waals surface area contributed by atoms with E-state index in [0.717, 1.165) is 18.8 Å². The van der Waals surface area contributed by atoms with Gasteiger partial charge >= 0.3 is 0 Å². The van der Waals surface area contributed by atoms with Crippen molar-refractivity contribution in [3.05, 3.63) is 59.7 Å². The molecule has 0 aromatic heterocycles. The molecule has 0 saturated carbocycles. The van der Waals surface area contributed by atoms with E-state index >= 15 is 0 Å². The highest BCUT2D eigenvalue weighted by molar-refractivity contribution is 5.96. The van der Waals surface area contributed by atoms with Crippen LogP contribution in [-0.4, -0.2) is 19.5 Å². The van der Waals surface area contributed by atoms with E-state index in [-0.39, 0.29) is 5.91 Å². The predicted molar refractivity (Wildman–Crippen MR) is 87.4 cm³/mol. The Balaban J connectivity index is 2.24. The van der Waals surface area contributed by atoms with Gasteiger partial charge in [0.1, 0.15) is 0 Å². The van der Waals surface area contributed by atoms with Crippen LogP contribution in [-0.2, 0) is 6.54 Å². The summed E-state index contributed by atoms with van der Waals surface area (Å²) >= 11 is 0. The van der Waals surface area contributed by atoms with Crippen molar-refractivity contribution >= 4 is 17.3 Å². The number of amides is 1. The third-order valence-corrected chi connectivity index (χ3v) is 3.46. The van der Waals surface area contributed by atoms with Gasteiger partial charge in [0, 0.05) is 25.7 Å². The molecule has 2 aromatic rings. The lowest BCUT2D eigenvalue weighted by molar-refractivity contribution is 0.0963. The second-order valence-corrected chi connectivity index (χ2v) is 4.85. The van der Waals surface area contributed by atoms with Gasteiger partial charge in [-0.3, -0.25) is 4.79 Å². The van der Waals surface area contributed by atoms with E-state index in [9.17, 15) is 4.79 Å². The highest BCUT2D eigenvalue weighted by Gasteiger charge is 2.11. The maximum absolute atomic E-state index is 11.6. The molecule has 3 N–H and O–H groups in total. The van der Waals surface area contributed by atoms with Gasteiger partial charge in [-0.1, -0.05) is 30.3 Å². The molecule has 0 radical (unpaired) electrons. The van der Waals surface area contributed by atoms with Crippen LogP contribution < -0.4 is 16.0 Å². The van der Waals surface area contributed by atoms with Crippen LogP contribution in [0, 0.1) is 0 Å². The monoisotopic (exact) mass is 283 g/mol. The van der Waals surface area contributed by atoms with Crippen LogP contribution in [0.1, 0.15) is 22.8 Å². The normalized spacial score (nSPS) is 10.2. The van der Waals surface area contributed by atoms with Gasteiger partial charge in [0.05, 0.1) is 11.4 Å². The van der Waals surface area contributed by atoms with Gasteiger partial charge in [0.15, 0.2) is 0 Å². The number of nitrogens with one attached hydrogen (secondary N) is 1. The number of rotatable bonds is 5. The predicted octanol–water partition coefficient (Wildman–Crippen LogP) is 2.65. The number of nitrogens with zero attached hydrogens (tertiary/aromatic N) is 1. The molecule has 1 amide bonds. The van der Waals surface area contributed by atoms with Crippen molar-refractivity contribution in [2.45, 2.75) is 13.5 Å². The van der Waals surface area contributed by atoms with Gasteiger partial charge in [-0.25, -0.2) is 0 Å². The van der Waals surface area contributed by atoms with Crippen LogP contribution in [0.4, 0.5) is 11.4 Å². The molecular formula is C17H21N3O. The fraction of sp³-hybridized carbons (Fsp3) is 0.235. The molecule has 4 nitrogen and oxygen atoms in total. The van der Waals surface area contributed by atoms with Crippen molar-refractivity contribution in [1.29, 1.82) is 0 Å². The van der Waals surface area contributed by atoms with Gasteiger partial charge in [-0.15, -0.1) is 0 Å². The number of benzene rings is 2. The molecule has 0 heterocycles. The molecule has 0 unspecified atom stereocenters. The van der Waals surface area contributed by atoms with E-state index in [1.165, 1.54) is 5.56 Å². The molecule has 0 bridgehead atoms. The van der Waals surface area contributed by atoms with E-state index < -0.39 is 0 Å². The summed E-state index contributed by atoms with van der Waals surface area (Å²) in [6.07, 6.45) is 0. The summed E-state index contributed by atoms with van der Waals surface area (Å²) in [5, 5.41) is 2.60. The average Bonchev–Trinajstić information content (AvgIpc) is 2.53. The highest BCUT2D eigenvalue weighted by Crippen LogP contribution is 2.25. The van der Waals surface area contributed by atoms with Crippen molar-refractivity contribution in [3.63, 3.8) is 0 Å². The van der Waals surface area contributed by atoms with E-state index in [0.29, 0.717) is 11.3 Å². The Morgan fingerprint density at radius 2 is 1.90 bits per heavy atom. The molecule has 110 valence electrons. The molecule has 0 fully saturated rings. The fourth-order valence-electron chi connectivity index (χ4n) is 2.30. The van der Waals surface area contributed by atoms with Crippen LogP contribution in [0.3, 0.4) is 0 Å². The van der Waals surface area contributed by atoms with E-state index in [1.807, 2.05) is 24.3 Å². The number of nitrogens with two attached hydrogens (primary N) is 1. The maximum atomic E-state index is 11.6. The first-order valence-electron chi connectivity index (χ1n) is 7.06. The zero-order chi connectivity index (χ0) is 15.2. The largest absolute Gasteiger partial charge is 0.397 e. The molecule has 0 aliphatic rings. The first kappa shape index (κ1) is 14.9. The average molecular weight is 283 g/mol. The van der Waals surface area contributed by atoms with E-state index in [1.54, 1.807) is 19.2 Å². The quantitative estimate of drug-likeness (QED) is 0.829. The van der Waals surface area contributed by atoms with Crippen LogP contribution in [0.25, 0.3) is 0 Å². The first-order chi connectivity index (χ1) is 10.2. The van der Waals surface area contributed by atoms with Crippen LogP contribution in [0.2, 0.25) is 0 Å². The third-order valence-electron chi connectivity index (χ3n) is 3.46. The Hall–Kier alpha value is -2.49. The van der Waals surface area contributed by atoms with Crippen molar-refractivity contribution in [2.75, 3.05) is 24.2 Å². The van der Waals surface area contributed by atoms with Gasteiger partial charge in [-0.05, 0) is 30.7 Å². The van der Waals surface area contributed by atoms with Crippen molar-refractivity contribution in [2.24, 2.45) is 0 Å². The number of hydrogen-bond donors (Lipinski definition) is 2. The summed E-state index contributed by atoms with van der Waals surface area (Å²) in [6.45, 7) is 3.73. The lowest BCUT2D eigenvalue weighted by Crippen LogP contribution is -2.24. The second kappa shape index (κ2) is 6.79. The van der Waals surface area contributed by atoms with Gasteiger partial charge in [0.2, 0.25) is 0 Å². The molecular weight excluding hydrogens is 262 g/mol. The Labute approximate surface area is 125 Å².